The van der Waals surface area contributed by atoms with E-state index in [0.29, 0.717) is 6.04 Å². The molecule has 1 atom stereocenters. The Bertz CT molecular complexity index is 319. The van der Waals surface area contributed by atoms with Gasteiger partial charge in [0.05, 0.1) is 0 Å². The molecule has 0 aliphatic heterocycles. The van der Waals surface area contributed by atoms with E-state index in [4.69, 9.17) is 5.73 Å². The number of nitrogens with two attached hydrogens (primary N) is 1. The molecule has 0 amide bonds. The van der Waals surface area contributed by atoms with Crippen molar-refractivity contribution >= 4 is 21.7 Å². The smallest absolute Gasteiger partial charge is 0.128 e. The SMILES string of the molecule is CC(N)CN(c1ccc(Br)cn1)C1CC1. The first-order valence-electron chi connectivity index (χ1n) is 5.30. The maximum atomic E-state index is 5.85. The standard InChI is InChI=1S/C11H16BrN3/c1-8(13)7-15(10-3-4-10)11-5-2-9(12)6-14-11/h2,5-6,8,10H,3-4,7,13H2,1H3. The van der Waals surface area contributed by atoms with E-state index < -0.39 is 0 Å². The lowest BCUT2D eigenvalue weighted by atomic mass is 10.3. The monoisotopic (exact) mass is 269 g/mol. The number of halogens is 1. The van der Waals surface area contributed by atoms with E-state index in [1.807, 2.05) is 25.3 Å². The zero-order chi connectivity index (χ0) is 10.8. The van der Waals surface area contributed by atoms with E-state index in [0.717, 1.165) is 16.8 Å². The largest absolute Gasteiger partial charge is 0.352 e. The highest BCUT2D eigenvalue weighted by atomic mass is 79.9. The van der Waals surface area contributed by atoms with Crippen LogP contribution < -0.4 is 10.6 Å². The van der Waals surface area contributed by atoms with Gasteiger partial charge in [-0.25, -0.2) is 4.98 Å². The summed E-state index contributed by atoms with van der Waals surface area (Å²) in [5.74, 6) is 1.04. The van der Waals surface area contributed by atoms with Gasteiger partial charge in [-0.1, -0.05) is 0 Å². The van der Waals surface area contributed by atoms with E-state index in [1.54, 1.807) is 0 Å². The third-order valence-electron chi connectivity index (χ3n) is 2.48. The summed E-state index contributed by atoms with van der Waals surface area (Å²) in [5.41, 5.74) is 5.85. The van der Waals surface area contributed by atoms with E-state index in [-0.39, 0.29) is 6.04 Å². The minimum Gasteiger partial charge on any atom is -0.352 e. The fraction of sp³-hybridized carbons (Fsp3) is 0.545. The third-order valence-corrected chi connectivity index (χ3v) is 2.95. The first-order valence-corrected chi connectivity index (χ1v) is 6.10. The molecule has 2 N–H and O–H groups in total. The van der Waals surface area contributed by atoms with Crippen LogP contribution in [0, 0.1) is 0 Å². The number of aromatic nitrogens is 1. The Morgan fingerprint density at radius 3 is 2.80 bits per heavy atom. The minimum absolute atomic E-state index is 0.191. The molecule has 0 bridgehead atoms. The van der Waals surface area contributed by atoms with Crippen LogP contribution in [0.5, 0.6) is 0 Å². The van der Waals surface area contributed by atoms with Gasteiger partial charge in [0.25, 0.3) is 0 Å². The number of pyridine rings is 1. The van der Waals surface area contributed by atoms with Gasteiger partial charge in [0.2, 0.25) is 0 Å². The summed E-state index contributed by atoms with van der Waals surface area (Å²) < 4.78 is 1.02. The van der Waals surface area contributed by atoms with Crippen molar-refractivity contribution in [3.63, 3.8) is 0 Å². The average Bonchev–Trinajstić information content (AvgIpc) is 2.99. The molecular formula is C11H16BrN3. The fourth-order valence-corrected chi connectivity index (χ4v) is 1.90. The van der Waals surface area contributed by atoms with Crippen LogP contribution in [0.2, 0.25) is 0 Å². The summed E-state index contributed by atoms with van der Waals surface area (Å²) in [5, 5.41) is 0. The zero-order valence-electron chi connectivity index (χ0n) is 8.86. The van der Waals surface area contributed by atoms with Gasteiger partial charge in [-0.3, -0.25) is 0 Å². The molecule has 0 aromatic carbocycles. The molecule has 1 fully saturated rings. The summed E-state index contributed by atoms with van der Waals surface area (Å²) in [6, 6.07) is 4.92. The van der Waals surface area contributed by atoms with Crippen molar-refractivity contribution in [3.8, 4) is 0 Å². The number of anilines is 1. The molecule has 1 aromatic rings. The highest BCUT2D eigenvalue weighted by molar-refractivity contribution is 9.10. The molecule has 0 spiro atoms. The van der Waals surface area contributed by atoms with Crippen LogP contribution in [0.15, 0.2) is 22.8 Å². The van der Waals surface area contributed by atoms with E-state index in [9.17, 15) is 0 Å². The second-order valence-electron chi connectivity index (χ2n) is 4.20. The molecule has 15 heavy (non-hydrogen) atoms. The molecule has 1 aliphatic carbocycles. The molecule has 1 aromatic heterocycles. The predicted octanol–water partition coefficient (Wildman–Crippen LogP) is 2.16. The summed E-state index contributed by atoms with van der Waals surface area (Å²) in [7, 11) is 0. The topological polar surface area (TPSA) is 42.1 Å². The summed E-state index contributed by atoms with van der Waals surface area (Å²) in [6.07, 6.45) is 4.38. The maximum Gasteiger partial charge on any atom is 0.128 e. The highest BCUT2D eigenvalue weighted by Crippen LogP contribution is 2.30. The molecule has 1 heterocycles. The Kier molecular flexibility index (Phi) is 3.26. The maximum absolute atomic E-state index is 5.85. The van der Waals surface area contributed by atoms with Crippen molar-refractivity contribution in [3.05, 3.63) is 22.8 Å². The molecule has 1 unspecified atom stereocenters. The van der Waals surface area contributed by atoms with Gasteiger partial charge >= 0.3 is 0 Å². The number of hydrogen-bond donors (Lipinski definition) is 1. The van der Waals surface area contributed by atoms with Crippen molar-refractivity contribution in [2.45, 2.75) is 31.8 Å². The molecular weight excluding hydrogens is 254 g/mol. The summed E-state index contributed by atoms with van der Waals surface area (Å²) in [4.78, 5) is 6.73. The lowest BCUT2D eigenvalue weighted by Gasteiger charge is -2.25. The molecule has 82 valence electrons. The second kappa shape index (κ2) is 4.49. The van der Waals surface area contributed by atoms with Crippen molar-refractivity contribution in [2.24, 2.45) is 5.73 Å². The second-order valence-corrected chi connectivity index (χ2v) is 5.11. The van der Waals surface area contributed by atoms with Crippen molar-refractivity contribution in [1.82, 2.24) is 4.98 Å². The van der Waals surface area contributed by atoms with Crippen LogP contribution in [-0.2, 0) is 0 Å². The molecule has 0 radical (unpaired) electrons. The van der Waals surface area contributed by atoms with Gasteiger partial charge in [-0.05, 0) is 47.8 Å². The average molecular weight is 270 g/mol. The van der Waals surface area contributed by atoms with Gasteiger partial charge < -0.3 is 10.6 Å². The van der Waals surface area contributed by atoms with Crippen molar-refractivity contribution in [1.29, 1.82) is 0 Å². The van der Waals surface area contributed by atoms with Crippen molar-refractivity contribution in [2.75, 3.05) is 11.4 Å². The quantitative estimate of drug-likeness (QED) is 0.911. The van der Waals surface area contributed by atoms with Gasteiger partial charge in [-0.2, -0.15) is 0 Å². The lowest BCUT2D eigenvalue weighted by Crippen LogP contribution is -2.37. The predicted molar refractivity (Wildman–Crippen MR) is 66.0 cm³/mol. The van der Waals surface area contributed by atoms with Crippen LogP contribution in [0.25, 0.3) is 0 Å². The highest BCUT2D eigenvalue weighted by Gasteiger charge is 2.30. The van der Waals surface area contributed by atoms with Gasteiger partial charge in [0.1, 0.15) is 5.82 Å². The fourth-order valence-electron chi connectivity index (χ4n) is 1.66. The summed E-state index contributed by atoms with van der Waals surface area (Å²) in [6.45, 7) is 2.92. The Balaban J connectivity index is 2.13. The summed E-state index contributed by atoms with van der Waals surface area (Å²) >= 11 is 3.39. The molecule has 0 saturated heterocycles. The van der Waals surface area contributed by atoms with Crippen LogP contribution in [0.1, 0.15) is 19.8 Å². The minimum atomic E-state index is 0.191. The lowest BCUT2D eigenvalue weighted by molar-refractivity contribution is 0.667. The Morgan fingerprint density at radius 2 is 2.33 bits per heavy atom. The van der Waals surface area contributed by atoms with Gasteiger partial charge in [-0.15, -0.1) is 0 Å². The number of rotatable bonds is 4. The first kappa shape index (κ1) is 10.9. The Hall–Kier alpha value is -0.610. The third kappa shape index (κ3) is 2.92. The number of nitrogens with zero attached hydrogens (tertiary/aromatic N) is 2. The van der Waals surface area contributed by atoms with Gasteiger partial charge in [0, 0.05) is 29.3 Å². The van der Waals surface area contributed by atoms with Crippen molar-refractivity contribution < 1.29 is 0 Å². The normalized spacial score (nSPS) is 17.5. The zero-order valence-corrected chi connectivity index (χ0v) is 10.4. The first-order chi connectivity index (χ1) is 7.16. The Labute approximate surface area is 98.8 Å². The van der Waals surface area contributed by atoms with E-state index in [2.05, 4.69) is 25.8 Å². The molecule has 4 heteroatoms. The van der Waals surface area contributed by atoms with E-state index >= 15 is 0 Å². The van der Waals surface area contributed by atoms with Crippen LogP contribution >= 0.6 is 15.9 Å². The Morgan fingerprint density at radius 1 is 1.60 bits per heavy atom. The molecule has 1 aliphatic rings. The molecule has 1 saturated carbocycles. The van der Waals surface area contributed by atoms with Crippen LogP contribution in [0.3, 0.4) is 0 Å². The van der Waals surface area contributed by atoms with Crippen LogP contribution in [-0.4, -0.2) is 23.6 Å². The molecule has 3 nitrogen and oxygen atoms in total. The molecule has 2 rings (SSSR count). The number of hydrogen-bond acceptors (Lipinski definition) is 3. The van der Waals surface area contributed by atoms with Gasteiger partial charge in [0.15, 0.2) is 0 Å². The van der Waals surface area contributed by atoms with E-state index in [1.165, 1.54) is 12.8 Å². The van der Waals surface area contributed by atoms with Crippen LogP contribution in [0.4, 0.5) is 5.82 Å².